The summed E-state index contributed by atoms with van der Waals surface area (Å²) in [6.07, 6.45) is 3.18. The summed E-state index contributed by atoms with van der Waals surface area (Å²) in [6, 6.07) is 13.2. The number of methoxy groups -OCH3 is 2. The van der Waals surface area contributed by atoms with Crippen LogP contribution in [0.15, 0.2) is 48.7 Å². The van der Waals surface area contributed by atoms with Gasteiger partial charge in [-0.05, 0) is 78.4 Å². The molecule has 2 saturated heterocycles. The van der Waals surface area contributed by atoms with Gasteiger partial charge in [0.05, 0.1) is 48.7 Å². The lowest BCUT2D eigenvalue weighted by molar-refractivity contribution is -0.137. The molecule has 4 N–H and O–H groups in total. The van der Waals surface area contributed by atoms with Crippen LogP contribution in [-0.2, 0) is 20.9 Å². The Labute approximate surface area is 318 Å². The van der Waals surface area contributed by atoms with Gasteiger partial charge >= 0.3 is 12.2 Å². The lowest BCUT2D eigenvalue weighted by Gasteiger charge is -2.33. The normalized spacial score (nSPS) is 21.6. The number of amides is 3. The number of aromatic nitrogens is 4. The van der Waals surface area contributed by atoms with Crippen LogP contribution in [0, 0.1) is 11.8 Å². The molecule has 3 aromatic carbocycles. The van der Waals surface area contributed by atoms with Gasteiger partial charge in [0.2, 0.25) is 5.91 Å². The van der Waals surface area contributed by atoms with Crippen molar-refractivity contribution < 1.29 is 33.7 Å². The molecule has 288 valence electrons. The maximum atomic E-state index is 14.0. The van der Waals surface area contributed by atoms with Crippen molar-refractivity contribution in [2.75, 3.05) is 27.4 Å². The molecule has 2 fully saturated rings. The Morgan fingerprint density at radius 2 is 1.89 bits per heavy atom. The zero-order valence-electron chi connectivity index (χ0n) is 31.7. The molecule has 2 aromatic heterocycles. The van der Waals surface area contributed by atoms with Crippen LogP contribution in [0.1, 0.15) is 75.8 Å². The number of rotatable bonds is 9. The van der Waals surface area contributed by atoms with Crippen molar-refractivity contribution in [3.05, 3.63) is 65.9 Å². The van der Waals surface area contributed by atoms with Crippen LogP contribution in [0.25, 0.3) is 44.2 Å². The number of imidazole rings is 2. The fourth-order valence-electron chi connectivity index (χ4n) is 8.69. The molecule has 55 heavy (non-hydrogen) atoms. The van der Waals surface area contributed by atoms with Crippen LogP contribution in [0.2, 0.25) is 0 Å². The number of nitrogens with one attached hydrogen (secondary N) is 3. The van der Waals surface area contributed by atoms with Gasteiger partial charge in [0.15, 0.2) is 0 Å². The third-order valence-corrected chi connectivity index (χ3v) is 11.8. The molecular formula is C41H47N7O7. The summed E-state index contributed by atoms with van der Waals surface area (Å²) in [7, 11) is 2.94. The number of fused-ring (bicyclic) bond motifs is 6. The molecule has 3 aliphatic rings. The number of benzene rings is 3. The Bertz CT molecular complexity index is 2280. The molecule has 3 aliphatic heterocycles. The molecule has 5 aromatic rings. The number of hydrogen-bond acceptors (Lipinski definition) is 8. The summed E-state index contributed by atoms with van der Waals surface area (Å²) < 4.78 is 16.5. The Kier molecular flexibility index (Phi) is 9.62. The monoisotopic (exact) mass is 749 g/mol. The molecule has 8 rings (SSSR count). The van der Waals surface area contributed by atoms with Crippen molar-refractivity contribution in [2.45, 2.75) is 77.2 Å². The molecule has 0 radical (unpaired) electrons. The molecule has 14 heteroatoms. The van der Waals surface area contributed by atoms with Crippen molar-refractivity contribution in [1.29, 1.82) is 0 Å². The highest BCUT2D eigenvalue weighted by Crippen LogP contribution is 2.44. The SMILES string of the molecule is CC[C@H](C)[C@H](NC(=O)OC)C(=O)N1[C@@H](C)CC[C@H]1c1ncc(-c2ccc3c(c2)COc2cc4c(ccc5[nH]c([C@@H]6C[C@H](COC)CN6C(=O)O)nc54)cc2-3)[nH]1. The van der Waals surface area contributed by atoms with E-state index in [-0.39, 0.29) is 35.9 Å². The Hall–Kier alpha value is -5.63. The lowest BCUT2D eigenvalue weighted by Crippen LogP contribution is -2.53. The van der Waals surface area contributed by atoms with E-state index in [1.165, 1.54) is 12.0 Å². The Balaban J connectivity index is 1.05. The minimum Gasteiger partial charge on any atom is -0.488 e. The van der Waals surface area contributed by atoms with E-state index in [1.807, 2.05) is 44.0 Å². The van der Waals surface area contributed by atoms with Crippen LogP contribution in [0.3, 0.4) is 0 Å². The first-order valence-corrected chi connectivity index (χ1v) is 19.0. The van der Waals surface area contributed by atoms with Gasteiger partial charge in [0.1, 0.15) is 30.0 Å². The van der Waals surface area contributed by atoms with Crippen LogP contribution in [0.4, 0.5) is 9.59 Å². The predicted octanol–water partition coefficient (Wildman–Crippen LogP) is 7.18. The minimum atomic E-state index is -0.963. The molecule has 0 spiro atoms. The smallest absolute Gasteiger partial charge is 0.407 e. The third-order valence-electron chi connectivity index (χ3n) is 11.8. The van der Waals surface area contributed by atoms with Crippen molar-refractivity contribution in [1.82, 2.24) is 35.1 Å². The van der Waals surface area contributed by atoms with Crippen molar-refractivity contribution in [3.63, 3.8) is 0 Å². The number of alkyl carbamates (subject to hydrolysis) is 1. The number of ether oxygens (including phenoxy) is 3. The number of nitrogens with zero attached hydrogens (tertiary/aromatic N) is 4. The summed E-state index contributed by atoms with van der Waals surface area (Å²) in [5.74, 6) is 2.01. The predicted molar refractivity (Wildman–Crippen MR) is 205 cm³/mol. The van der Waals surface area contributed by atoms with E-state index < -0.39 is 18.2 Å². The number of likely N-dealkylation sites (tertiary alicyclic amines) is 2. The van der Waals surface area contributed by atoms with Crippen molar-refractivity contribution in [3.8, 4) is 28.1 Å². The van der Waals surface area contributed by atoms with Crippen molar-refractivity contribution in [2.24, 2.45) is 11.8 Å². The number of H-pyrrole nitrogens is 2. The largest absolute Gasteiger partial charge is 0.488 e. The van der Waals surface area contributed by atoms with E-state index in [1.54, 1.807) is 7.11 Å². The quantitative estimate of drug-likeness (QED) is 0.122. The number of carboxylic acid groups (broad SMARTS) is 1. The lowest BCUT2D eigenvalue weighted by atomic mass is 9.92. The molecule has 0 saturated carbocycles. The summed E-state index contributed by atoms with van der Waals surface area (Å²) in [4.78, 5) is 58.2. The summed E-state index contributed by atoms with van der Waals surface area (Å²) in [5, 5.41) is 14.6. The van der Waals surface area contributed by atoms with E-state index in [9.17, 15) is 19.5 Å². The highest BCUT2D eigenvalue weighted by molar-refractivity contribution is 6.07. The first-order chi connectivity index (χ1) is 26.6. The van der Waals surface area contributed by atoms with Gasteiger partial charge in [-0.1, -0.05) is 38.5 Å². The van der Waals surface area contributed by atoms with E-state index >= 15 is 0 Å². The summed E-state index contributed by atoms with van der Waals surface area (Å²) in [5.41, 5.74) is 6.53. The number of aromatic amines is 2. The molecular weight excluding hydrogens is 702 g/mol. The van der Waals surface area contributed by atoms with E-state index in [2.05, 4.69) is 45.6 Å². The van der Waals surface area contributed by atoms with Gasteiger partial charge in [-0.25, -0.2) is 19.6 Å². The molecule has 14 nitrogen and oxygen atoms in total. The molecule has 5 heterocycles. The second kappa shape index (κ2) is 14.5. The van der Waals surface area contributed by atoms with Crippen LogP contribution < -0.4 is 10.1 Å². The highest BCUT2D eigenvalue weighted by Gasteiger charge is 2.42. The van der Waals surface area contributed by atoms with Crippen LogP contribution >= 0.6 is 0 Å². The third kappa shape index (κ3) is 6.51. The van der Waals surface area contributed by atoms with Crippen LogP contribution in [0.5, 0.6) is 5.75 Å². The Morgan fingerprint density at radius 1 is 1.05 bits per heavy atom. The van der Waals surface area contributed by atoms with Gasteiger partial charge in [0.25, 0.3) is 0 Å². The zero-order chi connectivity index (χ0) is 38.5. The first-order valence-electron chi connectivity index (χ1n) is 19.0. The van der Waals surface area contributed by atoms with Gasteiger partial charge in [-0.15, -0.1) is 0 Å². The van der Waals surface area contributed by atoms with Gasteiger partial charge < -0.3 is 39.5 Å². The number of hydrogen-bond donors (Lipinski definition) is 4. The summed E-state index contributed by atoms with van der Waals surface area (Å²) >= 11 is 0. The maximum absolute atomic E-state index is 14.0. The van der Waals surface area contributed by atoms with E-state index in [0.29, 0.717) is 37.8 Å². The van der Waals surface area contributed by atoms with Gasteiger partial charge in [0, 0.05) is 36.6 Å². The van der Waals surface area contributed by atoms with E-state index in [4.69, 9.17) is 24.2 Å². The number of carbonyl (C=O) groups excluding carboxylic acids is 2. The molecule has 0 bridgehead atoms. The average molecular weight is 750 g/mol. The topological polar surface area (TPSA) is 175 Å². The highest BCUT2D eigenvalue weighted by atomic mass is 16.5. The van der Waals surface area contributed by atoms with Gasteiger partial charge in [-0.2, -0.15) is 0 Å². The average Bonchev–Trinajstić information content (AvgIpc) is 4.01. The molecule has 0 aliphatic carbocycles. The second-order valence-corrected chi connectivity index (χ2v) is 15.2. The second-order valence-electron chi connectivity index (χ2n) is 15.2. The Morgan fingerprint density at radius 3 is 2.65 bits per heavy atom. The van der Waals surface area contributed by atoms with E-state index in [0.717, 1.165) is 74.8 Å². The standard InChI is InChI=1S/C41H47N7O7/c1-6-21(2)35(46-40(50)54-5)39(49)48-22(3)7-12-32(48)37-42-17-31(44-37)25-8-10-27-26(14-25)20-55-34-16-28-24(15-29(27)34)9-11-30-36(28)45-38(43-30)33-13-23(19-53-4)18-47(33)41(51)52/h8-11,14-17,21-23,32-33,35H,6-7,12-13,18-20H2,1-5H3,(H,42,44)(H,43,45)(H,46,50)(H,51,52)/t21-,22-,23-,32-,33-,35-/m0/s1. The fraction of sp³-hybridized carbons (Fsp3) is 0.439. The molecule has 3 amide bonds. The minimum absolute atomic E-state index is 0.0105. The first kappa shape index (κ1) is 36.4. The molecule has 0 unspecified atom stereocenters. The van der Waals surface area contributed by atoms with Crippen LogP contribution in [-0.4, -0.2) is 92.4 Å². The number of carbonyl (C=O) groups is 3. The zero-order valence-corrected chi connectivity index (χ0v) is 31.7. The fourth-order valence-corrected chi connectivity index (χ4v) is 8.69. The van der Waals surface area contributed by atoms with Gasteiger partial charge in [-0.3, -0.25) is 9.69 Å². The summed E-state index contributed by atoms with van der Waals surface area (Å²) in [6.45, 7) is 7.29. The molecule has 6 atom stereocenters. The maximum Gasteiger partial charge on any atom is 0.407 e. The van der Waals surface area contributed by atoms with Crippen molar-refractivity contribution >= 4 is 39.9 Å².